The monoisotopic (exact) mass is 807 g/mol. The second-order valence-corrected chi connectivity index (χ2v) is 15.4. The van der Waals surface area contributed by atoms with E-state index >= 15 is 0 Å². The second kappa shape index (κ2) is 46.3. The smallest absolute Gasteiger partial charge is 0.306 e. The Morgan fingerprint density at radius 1 is 0.379 bits per heavy atom. The first kappa shape index (κ1) is 54.6. The van der Waals surface area contributed by atoms with Gasteiger partial charge < -0.3 is 14.2 Å². The molecule has 1 unspecified atom stereocenters. The summed E-state index contributed by atoms with van der Waals surface area (Å²) in [7, 11) is 0. The number of esters is 3. The van der Waals surface area contributed by atoms with Gasteiger partial charge in [-0.25, -0.2) is 0 Å². The van der Waals surface area contributed by atoms with Gasteiger partial charge in [0.25, 0.3) is 0 Å². The minimum absolute atomic E-state index is 0.0976. The van der Waals surface area contributed by atoms with Crippen LogP contribution >= 0.6 is 0 Å². The van der Waals surface area contributed by atoms with Crippen molar-refractivity contribution in [3.8, 4) is 0 Å². The highest BCUT2D eigenvalue weighted by atomic mass is 16.6. The number of hydrogen-bond donors (Lipinski definition) is 0. The zero-order chi connectivity index (χ0) is 42.3. The average Bonchev–Trinajstić information content (AvgIpc) is 3.22. The van der Waals surface area contributed by atoms with Crippen LogP contribution in [0.25, 0.3) is 0 Å². The lowest BCUT2D eigenvalue weighted by molar-refractivity contribution is -0.167. The van der Waals surface area contributed by atoms with Gasteiger partial charge in [-0.1, -0.05) is 183 Å². The van der Waals surface area contributed by atoms with Crippen LogP contribution in [0.4, 0.5) is 0 Å². The zero-order valence-corrected chi connectivity index (χ0v) is 37.5. The van der Waals surface area contributed by atoms with Crippen molar-refractivity contribution < 1.29 is 28.6 Å². The van der Waals surface area contributed by atoms with Crippen LogP contribution in [0.1, 0.15) is 207 Å². The molecule has 0 radical (unpaired) electrons. The van der Waals surface area contributed by atoms with Gasteiger partial charge in [0.1, 0.15) is 13.2 Å². The molecule has 0 aliphatic heterocycles. The van der Waals surface area contributed by atoms with E-state index in [-0.39, 0.29) is 31.1 Å². The summed E-state index contributed by atoms with van der Waals surface area (Å²) in [6.07, 6.45) is 58.5. The van der Waals surface area contributed by atoms with Gasteiger partial charge in [0.15, 0.2) is 6.10 Å². The van der Waals surface area contributed by atoms with Gasteiger partial charge >= 0.3 is 17.9 Å². The molecule has 1 atom stereocenters. The molecule has 0 saturated carbocycles. The normalized spacial score (nSPS) is 12.8. The SMILES string of the molecule is CC/C=C\C/C=C\CCCCCCCC(=O)OC(COC(=O)CCCCCC/C=C\CCCC)COC(=O)CCCCCCC\C=C/C=C\C=C/C=C\CCCCC. The standard InChI is InChI=1S/C52H86O6/c1-4-7-10-13-16-19-22-24-25-26-27-28-29-31-33-36-39-42-45-51(54)57-48-49(47-56-50(53)44-41-38-35-32-21-18-15-12-9-6-3)58-52(55)46-43-40-37-34-30-23-20-17-14-11-8-5-2/h8,11,15-20,22,24-28,49H,4-7,9-10,12-14,21,23,29-48H2,1-3H3/b11-8-,18-15-,19-16-,20-17-,24-22-,26-25-,28-27-. The fraction of sp³-hybridized carbons (Fsp3) is 0.673. The Labute approximate surface area is 356 Å². The third kappa shape index (κ3) is 43.7. The maximum absolute atomic E-state index is 12.7. The highest BCUT2D eigenvalue weighted by Gasteiger charge is 2.19. The summed E-state index contributed by atoms with van der Waals surface area (Å²) in [5.41, 5.74) is 0. The van der Waals surface area contributed by atoms with E-state index in [1.807, 2.05) is 0 Å². The molecule has 58 heavy (non-hydrogen) atoms. The van der Waals surface area contributed by atoms with E-state index in [1.165, 1.54) is 32.1 Å². The summed E-state index contributed by atoms with van der Waals surface area (Å²) in [6, 6.07) is 0. The van der Waals surface area contributed by atoms with Crippen molar-refractivity contribution in [1.82, 2.24) is 0 Å². The molecular weight excluding hydrogens is 721 g/mol. The molecule has 0 heterocycles. The summed E-state index contributed by atoms with van der Waals surface area (Å²) in [6.45, 7) is 6.38. The Kier molecular flexibility index (Phi) is 43.6. The van der Waals surface area contributed by atoms with Gasteiger partial charge in [0.05, 0.1) is 0 Å². The quantitative estimate of drug-likeness (QED) is 0.0201. The highest BCUT2D eigenvalue weighted by Crippen LogP contribution is 2.13. The molecule has 0 amide bonds. The molecule has 0 aromatic carbocycles. The Bertz CT molecular complexity index is 1160. The summed E-state index contributed by atoms with van der Waals surface area (Å²) in [5, 5.41) is 0. The number of ether oxygens (including phenoxy) is 3. The lowest BCUT2D eigenvalue weighted by Gasteiger charge is -2.18. The molecule has 0 spiro atoms. The summed E-state index contributed by atoms with van der Waals surface area (Å²) < 4.78 is 16.7. The highest BCUT2D eigenvalue weighted by molar-refractivity contribution is 5.71. The molecule has 6 heteroatoms. The molecular formula is C52H86O6. The van der Waals surface area contributed by atoms with Crippen LogP contribution in [0.15, 0.2) is 85.1 Å². The van der Waals surface area contributed by atoms with Gasteiger partial charge in [-0.05, 0) is 89.9 Å². The number of carbonyl (C=O) groups is 3. The van der Waals surface area contributed by atoms with E-state index < -0.39 is 6.10 Å². The zero-order valence-electron chi connectivity index (χ0n) is 37.5. The van der Waals surface area contributed by atoms with Crippen molar-refractivity contribution in [2.45, 2.75) is 213 Å². The van der Waals surface area contributed by atoms with E-state index in [0.717, 1.165) is 135 Å². The number of rotatable bonds is 41. The topological polar surface area (TPSA) is 78.9 Å². The molecule has 0 bridgehead atoms. The third-order valence-electron chi connectivity index (χ3n) is 9.70. The molecule has 0 N–H and O–H groups in total. The van der Waals surface area contributed by atoms with Gasteiger partial charge in [-0.2, -0.15) is 0 Å². The number of carbonyl (C=O) groups excluding carboxylic acids is 3. The van der Waals surface area contributed by atoms with Crippen molar-refractivity contribution in [2.24, 2.45) is 0 Å². The van der Waals surface area contributed by atoms with Crippen molar-refractivity contribution in [3.05, 3.63) is 85.1 Å². The Balaban J connectivity index is 4.44. The van der Waals surface area contributed by atoms with Gasteiger partial charge in [-0.3, -0.25) is 14.4 Å². The molecule has 0 aromatic heterocycles. The van der Waals surface area contributed by atoms with Crippen molar-refractivity contribution >= 4 is 17.9 Å². The molecule has 0 aromatic rings. The van der Waals surface area contributed by atoms with Crippen LogP contribution in [0.2, 0.25) is 0 Å². The van der Waals surface area contributed by atoms with Crippen molar-refractivity contribution in [3.63, 3.8) is 0 Å². The number of unbranched alkanes of at least 4 members (excludes halogenated alkanes) is 19. The van der Waals surface area contributed by atoms with Crippen LogP contribution in [-0.2, 0) is 28.6 Å². The number of hydrogen-bond acceptors (Lipinski definition) is 6. The summed E-state index contributed by atoms with van der Waals surface area (Å²) >= 11 is 0. The van der Waals surface area contributed by atoms with Crippen LogP contribution in [0, 0.1) is 0 Å². The van der Waals surface area contributed by atoms with Crippen LogP contribution in [-0.4, -0.2) is 37.2 Å². The molecule has 6 nitrogen and oxygen atoms in total. The van der Waals surface area contributed by atoms with E-state index in [1.54, 1.807) is 0 Å². The van der Waals surface area contributed by atoms with Crippen molar-refractivity contribution in [2.75, 3.05) is 13.2 Å². The molecule has 0 aliphatic carbocycles. The van der Waals surface area contributed by atoms with E-state index in [4.69, 9.17) is 14.2 Å². The second-order valence-electron chi connectivity index (χ2n) is 15.4. The minimum atomic E-state index is -0.796. The number of allylic oxidation sites excluding steroid dienone is 14. The fourth-order valence-electron chi connectivity index (χ4n) is 6.12. The van der Waals surface area contributed by atoms with Crippen LogP contribution in [0.3, 0.4) is 0 Å². The van der Waals surface area contributed by atoms with Gasteiger partial charge in [0.2, 0.25) is 0 Å². The van der Waals surface area contributed by atoms with Crippen LogP contribution < -0.4 is 0 Å². The molecule has 0 rings (SSSR count). The Hall–Kier alpha value is -3.41. The molecule has 0 saturated heterocycles. The van der Waals surface area contributed by atoms with Crippen LogP contribution in [0.5, 0.6) is 0 Å². The lowest BCUT2D eigenvalue weighted by atomic mass is 10.1. The maximum Gasteiger partial charge on any atom is 0.306 e. The predicted molar refractivity (Wildman–Crippen MR) is 247 cm³/mol. The summed E-state index contributed by atoms with van der Waals surface area (Å²) in [5.74, 6) is -0.956. The molecule has 0 aliphatic rings. The van der Waals surface area contributed by atoms with Gasteiger partial charge in [-0.15, -0.1) is 0 Å². The summed E-state index contributed by atoms with van der Waals surface area (Å²) in [4.78, 5) is 37.8. The first-order valence-electron chi connectivity index (χ1n) is 23.6. The first-order chi connectivity index (χ1) is 28.5. The Morgan fingerprint density at radius 2 is 0.759 bits per heavy atom. The third-order valence-corrected chi connectivity index (χ3v) is 9.70. The van der Waals surface area contributed by atoms with E-state index in [2.05, 4.69) is 106 Å². The van der Waals surface area contributed by atoms with Gasteiger partial charge in [0, 0.05) is 19.3 Å². The molecule has 330 valence electrons. The average molecular weight is 807 g/mol. The molecule has 0 fully saturated rings. The largest absolute Gasteiger partial charge is 0.462 e. The Morgan fingerprint density at radius 3 is 1.26 bits per heavy atom. The van der Waals surface area contributed by atoms with E-state index in [9.17, 15) is 14.4 Å². The maximum atomic E-state index is 12.7. The minimum Gasteiger partial charge on any atom is -0.462 e. The fourth-order valence-corrected chi connectivity index (χ4v) is 6.12. The first-order valence-corrected chi connectivity index (χ1v) is 23.6. The van der Waals surface area contributed by atoms with E-state index in [0.29, 0.717) is 19.3 Å². The lowest BCUT2D eigenvalue weighted by Crippen LogP contribution is -2.30. The van der Waals surface area contributed by atoms with Crippen molar-refractivity contribution in [1.29, 1.82) is 0 Å². The predicted octanol–water partition coefficient (Wildman–Crippen LogP) is 15.3.